The second kappa shape index (κ2) is 6.36. The Labute approximate surface area is 99.4 Å². The van der Waals surface area contributed by atoms with Crippen LogP contribution in [0.1, 0.15) is 12.5 Å². The summed E-state index contributed by atoms with van der Waals surface area (Å²) in [7, 11) is 0. The van der Waals surface area contributed by atoms with Gasteiger partial charge >= 0.3 is 0 Å². The van der Waals surface area contributed by atoms with Crippen molar-refractivity contribution in [2.45, 2.75) is 19.5 Å². The molecule has 4 heteroatoms. The molecule has 0 saturated carbocycles. The van der Waals surface area contributed by atoms with E-state index < -0.39 is 0 Å². The second-order valence-corrected chi connectivity index (χ2v) is 4.80. The normalized spacial score (nSPS) is 12.8. The predicted octanol–water partition coefficient (Wildman–Crippen LogP) is 3.32. The van der Waals surface area contributed by atoms with Gasteiger partial charge in [-0.2, -0.15) is 11.8 Å². The van der Waals surface area contributed by atoms with Gasteiger partial charge in [-0.3, -0.25) is 0 Å². The summed E-state index contributed by atoms with van der Waals surface area (Å²) in [6.45, 7) is 2.79. The molecule has 1 aromatic carbocycles. The first-order valence-corrected chi connectivity index (χ1v) is 6.57. The molecule has 0 aliphatic carbocycles. The molecule has 0 spiro atoms. The van der Waals surface area contributed by atoms with Gasteiger partial charge in [0.1, 0.15) is 5.82 Å². The third-order valence-electron chi connectivity index (χ3n) is 2.06. The molecule has 0 saturated heterocycles. The van der Waals surface area contributed by atoms with E-state index in [0.717, 1.165) is 11.3 Å². The third kappa shape index (κ3) is 4.41. The second-order valence-electron chi connectivity index (χ2n) is 3.49. The van der Waals surface area contributed by atoms with E-state index in [4.69, 9.17) is 11.6 Å². The van der Waals surface area contributed by atoms with Gasteiger partial charge < -0.3 is 5.32 Å². The van der Waals surface area contributed by atoms with E-state index in [1.54, 1.807) is 17.8 Å². The lowest BCUT2D eigenvalue weighted by Gasteiger charge is -2.12. The van der Waals surface area contributed by atoms with Crippen molar-refractivity contribution in [1.29, 1.82) is 0 Å². The zero-order valence-electron chi connectivity index (χ0n) is 8.89. The smallest absolute Gasteiger partial charge is 0.142 e. The van der Waals surface area contributed by atoms with Gasteiger partial charge in [0.2, 0.25) is 0 Å². The SMILES string of the molecule is CSCC(C)NCc1ccc(Cl)c(F)c1. The van der Waals surface area contributed by atoms with Crippen LogP contribution in [-0.2, 0) is 6.54 Å². The van der Waals surface area contributed by atoms with Crippen molar-refractivity contribution in [2.24, 2.45) is 0 Å². The van der Waals surface area contributed by atoms with Gasteiger partial charge in [0.25, 0.3) is 0 Å². The maximum Gasteiger partial charge on any atom is 0.142 e. The predicted molar refractivity (Wildman–Crippen MR) is 66.1 cm³/mol. The van der Waals surface area contributed by atoms with Crippen molar-refractivity contribution >= 4 is 23.4 Å². The Morgan fingerprint density at radius 3 is 2.87 bits per heavy atom. The summed E-state index contributed by atoms with van der Waals surface area (Å²) < 4.78 is 13.1. The summed E-state index contributed by atoms with van der Waals surface area (Å²) >= 11 is 7.39. The first-order valence-electron chi connectivity index (χ1n) is 4.79. The highest BCUT2D eigenvalue weighted by Crippen LogP contribution is 2.15. The Balaban J connectivity index is 2.47. The Morgan fingerprint density at radius 2 is 2.27 bits per heavy atom. The van der Waals surface area contributed by atoms with Crippen LogP contribution >= 0.6 is 23.4 Å². The standard InChI is InChI=1S/C11H15ClFNS/c1-8(7-15-2)14-6-9-3-4-10(12)11(13)5-9/h3-5,8,14H,6-7H2,1-2H3. The minimum Gasteiger partial charge on any atom is -0.309 e. The van der Waals surface area contributed by atoms with Crippen LogP contribution in [0.5, 0.6) is 0 Å². The fourth-order valence-corrected chi connectivity index (χ4v) is 1.99. The maximum atomic E-state index is 13.1. The van der Waals surface area contributed by atoms with Crippen LogP contribution in [0.25, 0.3) is 0 Å². The number of rotatable bonds is 5. The highest BCUT2D eigenvalue weighted by molar-refractivity contribution is 7.98. The Kier molecular flexibility index (Phi) is 5.43. The first kappa shape index (κ1) is 12.8. The summed E-state index contributed by atoms with van der Waals surface area (Å²) in [6.07, 6.45) is 2.07. The molecular weight excluding hydrogens is 233 g/mol. The zero-order valence-corrected chi connectivity index (χ0v) is 10.5. The zero-order chi connectivity index (χ0) is 11.3. The summed E-state index contributed by atoms with van der Waals surface area (Å²) in [6, 6.07) is 5.33. The molecule has 0 fully saturated rings. The Morgan fingerprint density at radius 1 is 1.53 bits per heavy atom. The molecule has 0 aliphatic rings. The Hall–Kier alpha value is -0.250. The lowest BCUT2D eigenvalue weighted by Crippen LogP contribution is -2.27. The van der Waals surface area contributed by atoms with Crippen LogP contribution in [0.3, 0.4) is 0 Å². The van der Waals surface area contributed by atoms with Gasteiger partial charge in [-0.25, -0.2) is 4.39 Å². The van der Waals surface area contributed by atoms with E-state index >= 15 is 0 Å². The number of nitrogens with one attached hydrogen (secondary N) is 1. The quantitative estimate of drug-likeness (QED) is 0.857. The fraction of sp³-hybridized carbons (Fsp3) is 0.455. The van der Waals surface area contributed by atoms with E-state index in [-0.39, 0.29) is 10.8 Å². The van der Waals surface area contributed by atoms with Crippen LogP contribution < -0.4 is 5.32 Å². The molecule has 1 aromatic rings. The van der Waals surface area contributed by atoms with Gasteiger partial charge in [-0.05, 0) is 30.9 Å². The highest BCUT2D eigenvalue weighted by Gasteiger charge is 2.03. The molecule has 1 N–H and O–H groups in total. The summed E-state index contributed by atoms with van der Waals surface area (Å²) in [5, 5.41) is 3.49. The Bertz CT molecular complexity index is 319. The van der Waals surface area contributed by atoms with Crippen LogP contribution in [0.4, 0.5) is 4.39 Å². The van der Waals surface area contributed by atoms with Gasteiger partial charge in [0.15, 0.2) is 0 Å². The molecule has 0 radical (unpaired) electrons. The molecule has 0 heterocycles. The molecule has 15 heavy (non-hydrogen) atoms. The fourth-order valence-electron chi connectivity index (χ4n) is 1.25. The van der Waals surface area contributed by atoms with E-state index in [1.165, 1.54) is 6.07 Å². The molecular formula is C11H15ClFNS. The molecule has 1 nitrogen and oxygen atoms in total. The average molecular weight is 248 g/mol. The van der Waals surface area contributed by atoms with Crippen LogP contribution in [0, 0.1) is 5.82 Å². The summed E-state index contributed by atoms with van der Waals surface area (Å²) in [4.78, 5) is 0. The number of benzene rings is 1. The monoisotopic (exact) mass is 247 g/mol. The summed E-state index contributed by atoms with van der Waals surface area (Å²) in [5.74, 6) is 0.698. The van der Waals surface area contributed by atoms with Crippen molar-refractivity contribution in [3.05, 3.63) is 34.6 Å². The van der Waals surface area contributed by atoms with Crippen molar-refractivity contribution in [3.63, 3.8) is 0 Å². The van der Waals surface area contributed by atoms with Crippen LogP contribution in [-0.4, -0.2) is 18.1 Å². The van der Waals surface area contributed by atoms with Crippen molar-refractivity contribution < 1.29 is 4.39 Å². The van der Waals surface area contributed by atoms with Crippen LogP contribution in [0.15, 0.2) is 18.2 Å². The van der Waals surface area contributed by atoms with E-state index in [9.17, 15) is 4.39 Å². The highest BCUT2D eigenvalue weighted by atomic mass is 35.5. The molecule has 0 aliphatic heterocycles. The molecule has 0 bridgehead atoms. The van der Waals surface area contributed by atoms with Crippen molar-refractivity contribution in [1.82, 2.24) is 5.32 Å². The number of thioether (sulfide) groups is 1. The van der Waals surface area contributed by atoms with Crippen molar-refractivity contribution in [2.75, 3.05) is 12.0 Å². The van der Waals surface area contributed by atoms with E-state index in [0.29, 0.717) is 12.6 Å². The van der Waals surface area contributed by atoms with Crippen molar-refractivity contribution in [3.8, 4) is 0 Å². The third-order valence-corrected chi connectivity index (χ3v) is 3.20. The number of hydrogen-bond donors (Lipinski definition) is 1. The molecule has 0 aromatic heterocycles. The van der Waals surface area contributed by atoms with E-state index in [1.807, 2.05) is 6.07 Å². The lowest BCUT2D eigenvalue weighted by molar-refractivity contribution is 0.587. The average Bonchev–Trinajstić information content (AvgIpc) is 2.20. The lowest BCUT2D eigenvalue weighted by atomic mass is 10.2. The molecule has 1 unspecified atom stereocenters. The maximum absolute atomic E-state index is 13.1. The number of hydrogen-bond acceptors (Lipinski definition) is 2. The minimum atomic E-state index is -0.353. The topological polar surface area (TPSA) is 12.0 Å². The first-order chi connectivity index (χ1) is 7.13. The van der Waals surface area contributed by atoms with Crippen LogP contribution in [0.2, 0.25) is 5.02 Å². The minimum absolute atomic E-state index is 0.177. The van der Waals surface area contributed by atoms with Gasteiger partial charge in [-0.1, -0.05) is 17.7 Å². The van der Waals surface area contributed by atoms with Gasteiger partial charge in [-0.15, -0.1) is 0 Å². The molecule has 1 rings (SSSR count). The van der Waals surface area contributed by atoms with E-state index in [2.05, 4.69) is 18.5 Å². The molecule has 1 atom stereocenters. The number of halogens is 2. The largest absolute Gasteiger partial charge is 0.309 e. The summed E-state index contributed by atoms with van der Waals surface area (Å²) in [5.41, 5.74) is 0.921. The van der Waals surface area contributed by atoms with Gasteiger partial charge in [0, 0.05) is 18.3 Å². The molecule has 84 valence electrons. The molecule has 0 amide bonds. The van der Waals surface area contributed by atoms with Gasteiger partial charge in [0.05, 0.1) is 5.02 Å².